The second-order valence-electron chi connectivity index (χ2n) is 6.01. The fourth-order valence-corrected chi connectivity index (χ4v) is 2.80. The smallest absolute Gasteiger partial charge is 0.123 e. The second-order valence-corrected chi connectivity index (χ2v) is 6.01. The molecule has 0 aromatic heterocycles. The van der Waals surface area contributed by atoms with E-state index in [9.17, 15) is 4.39 Å². The Morgan fingerprint density at radius 3 is 2.74 bits per heavy atom. The van der Waals surface area contributed by atoms with Crippen molar-refractivity contribution in [2.24, 2.45) is 5.92 Å². The molecule has 0 bridgehead atoms. The van der Waals surface area contributed by atoms with Crippen molar-refractivity contribution in [1.29, 1.82) is 0 Å². The first-order valence-corrected chi connectivity index (χ1v) is 7.24. The van der Waals surface area contributed by atoms with Crippen LogP contribution in [0.5, 0.6) is 0 Å². The molecule has 1 fully saturated rings. The summed E-state index contributed by atoms with van der Waals surface area (Å²) >= 11 is 0. The molecule has 1 aliphatic carbocycles. The van der Waals surface area contributed by atoms with Crippen LogP contribution in [0.1, 0.15) is 32.3 Å². The topological polar surface area (TPSA) is 15.3 Å². The summed E-state index contributed by atoms with van der Waals surface area (Å²) in [6.07, 6.45) is 2.56. The van der Waals surface area contributed by atoms with Gasteiger partial charge in [0.15, 0.2) is 0 Å². The summed E-state index contributed by atoms with van der Waals surface area (Å²) in [7, 11) is 2.15. The molecule has 0 radical (unpaired) electrons. The largest absolute Gasteiger partial charge is 0.314 e. The van der Waals surface area contributed by atoms with Crippen LogP contribution >= 0.6 is 0 Å². The highest BCUT2D eigenvalue weighted by atomic mass is 19.1. The third-order valence-electron chi connectivity index (χ3n) is 4.05. The Morgan fingerprint density at radius 2 is 2.16 bits per heavy atom. The maximum atomic E-state index is 13.2. The number of nitrogens with one attached hydrogen (secondary N) is 1. The zero-order valence-corrected chi connectivity index (χ0v) is 12.2. The van der Waals surface area contributed by atoms with Gasteiger partial charge in [-0.3, -0.25) is 4.90 Å². The van der Waals surface area contributed by atoms with Gasteiger partial charge in [-0.15, -0.1) is 0 Å². The molecule has 0 saturated heterocycles. The number of rotatable bonds is 6. The first-order chi connectivity index (χ1) is 9.06. The number of hydrogen-bond donors (Lipinski definition) is 1. The third kappa shape index (κ3) is 4.02. The van der Waals surface area contributed by atoms with Gasteiger partial charge in [0.25, 0.3) is 0 Å². The standard InChI is InChI=1S/C16H25FN2/c1-12(2)18-10-14-7-8-16(14)19(3)11-13-5-4-6-15(17)9-13/h4-6,9,12,14,16,18H,7-8,10-11H2,1-3H3. The summed E-state index contributed by atoms with van der Waals surface area (Å²) in [6, 6.07) is 8.11. The average molecular weight is 264 g/mol. The van der Waals surface area contributed by atoms with Crippen molar-refractivity contribution >= 4 is 0 Å². The molecule has 3 heteroatoms. The van der Waals surface area contributed by atoms with E-state index in [4.69, 9.17) is 0 Å². The summed E-state index contributed by atoms with van der Waals surface area (Å²) in [4.78, 5) is 2.37. The summed E-state index contributed by atoms with van der Waals surface area (Å²) in [5.74, 6) is 0.596. The quantitative estimate of drug-likeness (QED) is 0.849. The molecule has 1 aromatic carbocycles. The van der Waals surface area contributed by atoms with Crippen LogP contribution in [-0.2, 0) is 6.54 Å². The predicted octanol–water partition coefficient (Wildman–Crippen LogP) is 3.03. The first-order valence-electron chi connectivity index (χ1n) is 7.24. The van der Waals surface area contributed by atoms with E-state index in [0.717, 1.165) is 24.6 Å². The Labute approximate surface area is 116 Å². The van der Waals surface area contributed by atoms with Gasteiger partial charge in [-0.25, -0.2) is 4.39 Å². The van der Waals surface area contributed by atoms with E-state index in [1.165, 1.54) is 18.9 Å². The minimum absolute atomic E-state index is 0.141. The lowest BCUT2D eigenvalue weighted by atomic mass is 9.78. The van der Waals surface area contributed by atoms with Crippen molar-refractivity contribution in [2.75, 3.05) is 13.6 Å². The fraction of sp³-hybridized carbons (Fsp3) is 0.625. The summed E-state index contributed by atoms with van der Waals surface area (Å²) in [5, 5.41) is 3.52. The third-order valence-corrected chi connectivity index (χ3v) is 4.05. The predicted molar refractivity (Wildman–Crippen MR) is 77.5 cm³/mol. The van der Waals surface area contributed by atoms with Gasteiger partial charge in [-0.2, -0.15) is 0 Å². The summed E-state index contributed by atoms with van der Waals surface area (Å²) in [5.41, 5.74) is 1.06. The van der Waals surface area contributed by atoms with Gasteiger partial charge in [0, 0.05) is 18.6 Å². The van der Waals surface area contributed by atoms with Crippen LogP contribution in [0.25, 0.3) is 0 Å². The van der Waals surface area contributed by atoms with Gasteiger partial charge in [-0.1, -0.05) is 26.0 Å². The Bertz CT molecular complexity index is 405. The zero-order valence-electron chi connectivity index (χ0n) is 12.2. The van der Waals surface area contributed by atoms with Crippen molar-refractivity contribution in [3.8, 4) is 0 Å². The van der Waals surface area contributed by atoms with Crippen LogP contribution in [0.2, 0.25) is 0 Å². The molecule has 2 rings (SSSR count). The average Bonchev–Trinajstić information content (AvgIpc) is 2.26. The molecule has 2 unspecified atom stereocenters. The molecule has 2 nitrogen and oxygen atoms in total. The van der Waals surface area contributed by atoms with Crippen LogP contribution in [0.4, 0.5) is 4.39 Å². The minimum Gasteiger partial charge on any atom is -0.314 e. The van der Waals surface area contributed by atoms with Gasteiger partial charge in [0.2, 0.25) is 0 Å². The highest BCUT2D eigenvalue weighted by molar-refractivity contribution is 5.16. The van der Waals surface area contributed by atoms with Crippen molar-refractivity contribution in [2.45, 2.75) is 45.3 Å². The maximum absolute atomic E-state index is 13.2. The van der Waals surface area contributed by atoms with Crippen molar-refractivity contribution in [3.63, 3.8) is 0 Å². The van der Waals surface area contributed by atoms with E-state index in [0.29, 0.717) is 12.1 Å². The molecule has 2 atom stereocenters. The lowest BCUT2D eigenvalue weighted by Crippen LogP contribution is -2.49. The molecular formula is C16H25FN2. The SMILES string of the molecule is CC(C)NCC1CCC1N(C)Cc1cccc(F)c1. The Kier molecular flexibility index (Phi) is 4.94. The van der Waals surface area contributed by atoms with Gasteiger partial charge >= 0.3 is 0 Å². The zero-order chi connectivity index (χ0) is 13.8. The lowest BCUT2D eigenvalue weighted by Gasteiger charge is -2.43. The molecular weight excluding hydrogens is 239 g/mol. The second kappa shape index (κ2) is 6.49. The van der Waals surface area contributed by atoms with Gasteiger partial charge < -0.3 is 5.32 Å². The maximum Gasteiger partial charge on any atom is 0.123 e. The minimum atomic E-state index is -0.141. The van der Waals surface area contributed by atoms with E-state index in [1.54, 1.807) is 12.1 Å². The molecule has 1 N–H and O–H groups in total. The first kappa shape index (κ1) is 14.5. The molecule has 0 spiro atoms. The van der Waals surface area contributed by atoms with E-state index in [2.05, 4.69) is 31.1 Å². The number of halogens is 1. The molecule has 0 aliphatic heterocycles. The van der Waals surface area contributed by atoms with Crippen molar-refractivity contribution < 1.29 is 4.39 Å². The Balaban J connectivity index is 1.84. The highest BCUT2D eigenvalue weighted by Gasteiger charge is 2.33. The molecule has 1 saturated carbocycles. The van der Waals surface area contributed by atoms with Gasteiger partial charge in [0.05, 0.1) is 0 Å². The normalized spacial score (nSPS) is 22.8. The van der Waals surface area contributed by atoms with Gasteiger partial charge in [0.1, 0.15) is 5.82 Å². The van der Waals surface area contributed by atoms with E-state index in [1.807, 2.05) is 6.07 Å². The van der Waals surface area contributed by atoms with Crippen LogP contribution in [0.15, 0.2) is 24.3 Å². The van der Waals surface area contributed by atoms with E-state index < -0.39 is 0 Å². The van der Waals surface area contributed by atoms with Crippen LogP contribution in [-0.4, -0.2) is 30.6 Å². The van der Waals surface area contributed by atoms with Crippen LogP contribution in [0.3, 0.4) is 0 Å². The molecule has 0 amide bonds. The van der Waals surface area contributed by atoms with E-state index in [-0.39, 0.29) is 5.82 Å². The monoisotopic (exact) mass is 264 g/mol. The molecule has 19 heavy (non-hydrogen) atoms. The molecule has 1 aliphatic rings. The molecule has 1 aromatic rings. The summed E-state index contributed by atoms with van der Waals surface area (Å²) < 4.78 is 13.2. The van der Waals surface area contributed by atoms with E-state index >= 15 is 0 Å². The Hall–Kier alpha value is -0.930. The van der Waals surface area contributed by atoms with Crippen molar-refractivity contribution in [3.05, 3.63) is 35.6 Å². The Morgan fingerprint density at radius 1 is 1.37 bits per heavy atom. The van der Waals surface area contributed by atoms with Crippen molar-refractivity contribution in [1.82, 2.24) is 10.2 Å². The summed E-state index contributed by atoms with van der Waals surface area (Å²) in [6.45, 7) is 6.30. The number of hydrogen-bond acceptors (Lipinski definition) is 2. The van der Waals surface area contributed by atoms with Gasteiger partial charge in [-0.05, 0) is 50.0 Å². The van der Waals surface area contributed by atoms with Crippen LogP contribution in [0, 0.1) is 11.7 Å². The lowest BCUT2D eigenvalue weighted by molar-refractivity contribution is 0.0767. The van der Waals surface area contributed by atoms with Crippen LogP contribution < -0.4 is 5.32 Å². The number of benzene rings is 1. The fourth-order valence-electron chi connectivity index (χ4n) is 2.80. The molecule has 0 heterocycles. The molecule has 106 valence electrons. The highest BCUT2D eigenvalue weighted by Crippen LogP contribution is 2.31. The number of nitrogens with zero attached hydrogens (tertiary/aromatic N) is 1.